The van der Waals surface area contributed by atoms with Crippen LogP contribution in [0.1, 0.15) is 15.9 Å². The van der Waals surface area contributed by atoms with Crippen LogP contribution in [-0.2, 0) is 4.74 Å². The average molecular weight is 358 g/mol. The SMILES string of the molecule is C#Cc1ccc2nc(Nc3ccc(C(=O)N4CCOCC4)cc3)ncc2c1. The number of morpholine rings is 1. The van der Waals surface area contributed by atoms with Gasteiger partial charge in [0.1, 0.15) is 0 Å². The molecule has 2 aromatic carbocycles. The van der Waals surface area contributed by atoms with Gasteiger partial charge in [-0.05, 0) is 42.5 Å². The standard InChI is InChI=1S/C21H18N4O2/c1-2-15-3-8-19-17(13-15)14-22-21(24-19)23-18-6-4-16(5-7-18)20(26)25-9-11-27-12-10-25/h1,3-8,13-14H,9-12H2,(H,22,23,24). The molecule has 1 aliphatic heterocycles. The Morgan fingerprint density at radius 1 is 1.15 bits per heavy atom. The number of rotatable bonds is 3. The molecular weight excluding hydrogens is 340 g/mol. The molecule has 0 aliphatic carbocycles. The summed E-state index contributed by atoms with van der Waals surface area (Å²) in [5.41, 5.74) is 3.08. The highest BCUT2D eigenvalue weighted by atomic mass is 16.5. The maximum absolute atomic E-state index is 12.5. The number of nitrogens with one attached hydrogen (secondary N) is 1. The van der Waals surface area contributed by atoms with Crippen molar-refractivity contribution in [3.63, 3.8) is 0 Å². The quantitative estimate of drug-likeness (QED) is 0.729. The number of fused-ring (bicyclic) bond motifs is 1. The van der Waals surface area contributed by atoms with Crippen LogP contribution in [0, 0.1) is 12.3 Å². The molecule has 0 radical (unpaired) electrons. The van der Waals surface area contributed by atoms with Gasteiger partial charge < -0.3 is 15.0 Å². The molecule has 0 unspecified atom stereocenters. The summed E-state index contributed by atoms with van der Waals surface area (Å²) in [6.45, 7) is 2.44. The molecule has 6 heteroatoms. The van der Waals surface area contributed by atoms with Gasteiger partial charge in [0.05, 0.1) is 18.7 Å². The minimum absolute atomic E-state index is 0.0242. The second-order valence-corrected chi connectivity index (χ2v) is 6.22. The van der Waals surface area contributed by atoms with Gasteiger partial charge in [-0.2, -0.15) is 0 Å². The van der Waals surface area contributed by atoms with E-state index in [0.717, 1.165) is 22.2 Å². The van der Waals surface area contributed by atoms with Gasteiger partial charge in [-0.15, -0.1) is 6.42 Å². The first-order valence-electron chi connectivity index (χ1n) is 8.70. The number of anilines is 2. The van der Waals surface area contributed by atoms with Crippen molar-refractivity contribution >= 4 is 28.4 Å². The maximum atomic E-state index is 12.5. The van der Waals surface area contributed by atoms with Gasteiger partial charge >= 0.3 is 0 Å². The first-order valence-corrected chi connectivity index (χ1v) is 8.70. The van der Waals surface area contributed by atoms with E-state index in [1.54, 1.807) is 18.3 Å². The Balaban J connectivity index is 1.49. The minimum atomic E-state index is 0.0242. The van der Waals surface area contributed by atoms with Crippen LogP contribution in [0.15, 0.2) is 48.7 Å². The van der Waals surface area contributed by atoms with Gasteiger partial charge in [-0.25, -0.2) is 9.97 Å². The fraction of sp³-hybridized carbons (Fsp3) is 0.190. The Morgan fingerprint density at radius 2 is 1.93 bits per heavy atom. The zero-order chi connectivity index (χ0) is 18.6. The van der Waals surface area contributed by atoms with Crippen molar-refractivity contribution in [3.05, 3.63) is 59.8 Å². The summed E-state index contributed by atoms with van der Waals surface area (Å²) in [6, 6.07) is 12.9. The number of ether oxygens (including phenoxy) is 1. The second kappa shape index (κ2) is 7.44. The number of amides is 1. The molecule has 2 heterocycles. The van der Waals surface area contributed by atoms with Crippen molar-refractivity contribution in [2.24, 2.45) is 0 Å². The molecule has 27 heavy (non-hydrogen) atoms. The zero-order valence-corrected chi connectivity index (χ0v) is 14.7. The molecule has 1 saturated heterocycles. The van der Waals surface area contributed by atoms with E-state index in [1.807, 2.05) is 35.2 Å². The fourth-order valence-electron chi connectivity index (χ4n) is 2.96. The highest BCUT2D eigenvalue weighted by Crippen LogP contribution is 2.19. The van der Waals surface area contributed by atoms with Crippen LogP contribution in [0.25, 0.3) is 10.9 Å². The lowest BCUT2D eigenvalue weighted by molar-refractivity contribution is 0.0303. The number of carbonyl (C=O) groups excluding carboxylic acids is 1. The number of aromatic nitrogens is 2. The van der Waals surface area contributed by atoms with E-state index in [2.05, 4.69) is 21.2 Å². The highest BCUT2D eigenvalue weighted by molar-refractivity contribution is 5.94. The molecule has 1 amide bonds. The van der Waals surface area contributed by atoms with Gasteiger partial charge in [0.15, 0.2) is 0 Å². The topological polar surface area (TPSA) is 67.4 Å². The molecular formula is C21H18N4O2. The van der Waals surface area contributed by atoms with Crippen molar-refractivity contribution in [3.8, 4) is 12.3 Å². The Morgan fingerprint density at radius 3 is 2.67 bits per heavy atom. The molecule has 134 valence electrons. The van der Waals surface area contributed by atoms with Crippen molar-refractivity contribution in [1.29, 1.82) is 0 Å². The van der Waals surface area contributed by atoms with Gasteiger partial charge in [0.25, 0.3) is 5.91 Å². The predicted molar refractivity (Wildman–Crippen MR) is 104 cm³/mol. The van der Waals surface area contributed by atoms with Gasteiger partial charge in [0, 0.05) is 41.5 Å². The summed E-state index contributed by atoms with van der Waals surface area (Å²) in [6.07, 6.45) is 7.16. The van der Waals surface area contributed by atoms with Gasteiger partial charge in [-0.3, -0.25) is 4.79 Å². The van der Waals surface area contributed by atoms with Crippen LogP contribution >= 0.6 is 0 Å². The number of nitrogens with zero attached hydrogens (tertiary/aromatic N) is 3. The normalized spacial score (nSPS) is 14.0. The monoisotopic (exact) mass is 358 g/mol. The van der Waals surface area contributed by atoms with E-state index in [-0.39, 0.29) is 5.91 Å². The Bertz CT molecular complexity index is 1020. The van der Waals surface area contributed by atoms with Crippen LogP contribution in [0.2, 0.25) is 0 Å². The Hall–Kier alpha value is -3.43. The molecule has 0 atom stereocenters. The smallest absolute Gasteiger partial charge is 0.254 e. The summed E-state index contributed by atoms with van der Waals surface area (Å²) in [5, 5.41) is 4.05. The van der Waals surface area contributed by atoms with E-state index in [0.29, 0.717) is 37.8 Å². The third kappa shape index (κ3) is 3.73. The van der Waals surface area contributed by atoms with Crippen molar-refractivity contribution < 1.29 is 9.53 Å². The third-order valence-corrected chi connectivity index (χ3v) is 4.43. The molecule has 0 saturated carbocycles. The van der Waals surface area contributed by atoms with E-state index >= 15 is 0 Å². The molecule has 1 fully saturated rings. The van der Waals surface area contributed by atoms with E-state index in [9.17, 15) is 4.79 Å². The second-order valence-electron chi connectivity index (χ2n) is 6.22. The number of carbonyl (C=O) groups is 1. The Kier molecular flexibility index (Phi) is 4.69. The molecule has 3 aromatic rings. The lowest BCUT2D eigenvalue weighted by Gasteiger charge is -2.26. The molecule has 4 rings (SSSR count). The average Bonchev–Trinajstić information content (AvgIpc) is 2.74. The summed E-state index contributed by atoms with van der Waals surface area (Å²) in [7, 11) is 0. The molecule has 1 aliphatic rings. The van der Waals surface area contributed by atoms with Crippen LogP contribution in [0.3, 0.4) is 0 Å². The maximum Gasteiger partial charge on any atom is 0.254 e. The van der Waals surface area contributed by atoms with Crippen LogP contribution in [0.4, 0.5) is 11.6 Å². The van der Waals surface area contributed by atoms with Crippen molar-refractivity contribution in [2.45, 2.75) is 0 Å². The van der Waals surface area contributed by atoms with Crippen LogP contribution in [0.5, 0.6) is 0 Å². The molecule has 1 N–H and O–H groups in total. The summed E-state index contributed by atoms with van der Waals surface area (Å²) < 4.78 is 5.29. The Labute approximate surface area is 157 Å². The van der Waals surface area contributed by atoms with Gasteiger partial charge in [0.2, 0.25) is 5.95 Å². The van der Waals surface area contributed by atoms with Crippen LogP contribution < -0.4 is 5.32 Å². The molecule has 0 bridgehead atoms. The summed E-state index contributed by atoms with van der Waals surface area (Å²) in [5.74, 6) is 3.12. The minimum Gasteiger partial charge on any atom is -0.378 e. The number of hydrogen-bond donors (Lipinski definition) is 1. The fourth-order valence-corrected chi connectivity index (χ4v) is 2.96. The van der Waals surface area contributed by atoms with Crippen molar-refractivity contribution in [2.75, 3.05) is 31.6 Å². The van der Waals surface area contributed by atoms with E-state index in [1.165, 1.54) is 0 Å². The third-order valence-electron chi connectivity index (χ3n) is 4.43. The number of terminal acetylenes is 1. The number of hydrogen-bond acceptors (Lipinski definition) is 5. The first kappa shape index (κ1) is 17.0. The largest absolute Gasteiger partial charge is 0.378 e. The molecule has 6 nitrogen and oxygen atoms in total. The number of benzene rings is 2. The molecule has 1 aromatic heterocycles. The first-order chi connectivity index (χ1) is 13.2. The highest BCUT2D eigenvalue weighted by Gasteiger charge is 2.18. The lowest BCUT2D eigenvalue weighted by Crippen LogP contribution is -2.40. The van der Waals surface area contributed by atoms with Crippen LogP contribution in [-0.4, -0.2) is 47.1 Å². The van der Waals surface area contributed by atoms with E-state index < -0.39 is 0 Å². The van der Waals surface area contributed by atoms with E-state index in [4.69, 9.17) is 11.2 Å². The summed E-state index contributed by atoms with van der Waals surface area (Å²) in [4.78, 5) is 23.1. The molecule has 0 spiro atoms. The van der Waals surface area contributed by atoms with Crippen molar-refractivity contribution in [1.82, 2.24) is 14.9 Å². The lowest BCUT2D eigenvalue weighted by atomic mass is 10.1. The summed E-state index contributed by atoms with van der Waals surface area (Å²) >= 11 is 0. The zero-order valence-electron chi connectivity index (χ0n) is 14.7. The predicted octanol–water partition coefficient (Wildman–Crippen LogP) is 2.83. The van der Waals surface area contributed by atoms with Gasteiger partial charge in [-0.1, -0.05) is 5.92 Å².